The summed E-state index contributed by atoms with van der Waals surface area (Å²) in [6.45, 7) is 3.60. The van der Waals surface area contributed by atoms with Gasteiger partial charge in [-0.1, -0.05) is 6.08 Å². The third kappa shape index (κ3) is 1.88. The van der Waals surface area contributed by atoms with Crippen molar-refractivity contribution in [2.24, 2.45) is 0 Å². The van der Waals surface area contributed by atoms with Crippen LogP contribution < -0.4 is 11.5 Å². The fourth-order valence-electron chi connectivity index (χ4n) is 1.06. The minimum absolute atomic E-state index is 0.171. The Morgan fingerprint density at radius 3 is 2.62 bits per heavy atom. The second-order valence-corrected chi connectivity index (χ2v) is 3.77. The molecule has 1 aromatic carbocycles. The van der Waals surface area contributed by atoms with Gasteiger partial charge >= 0.3 is 0 Å². The predicted molar refractivity (Wildman–Crippen MR) is 63.5 cm³/mol. The van der Waals surface area contributed by atoms with E-state index in [1.165, 1.54) is 0 Å². The van der Waals surface area contributed by atoms with Crippen LogP contribution in [0.1, 0.15) is 5.56 Å². The zero-order chi connectivity index (χ0) is 10.0. The fraction of sp³-hybridized carbons (Fsp3) is 0.111. The van der Waals surface area contributed by atoms with Crippen molar-refractivity contribution >= 4 is 34.0 Å². The number of nitrogen functional groups attached to an aromatic ring is 2. The van der Waals surface area contributed by atoms with Gasteiger partial charge in [0.15, 0.2) is 0 Å². The van der Waals surface area contributed by atoms with Crippen molar-refractivity contribution < 1.29 is 5.11 Å². The van der Waals surface area contributed by atoms with E-state index in [9.17, 15) is 5.11 Å². The molecule has 13 heavy (non-hydrogen) atoms. The van der Waals surface area contributed by atoms with Crippen LogP contribution in [0.25, 0.3) is 0 Å². The molecule has 0 unspecified atom stereocenters. The number of phenols is 1. The van der Waals surface area contributed by atoms with Crippen molar-refractivity contribution in [1.82, 2.24) is 0 Å². The molecule has 4 heteroatoms. The van der Waals surface area contributed by atoms with Crippen LogP contribution in [-0.2, 0) is 6.42 Å². The van der Waals surface area contributed by atoms with E-state index in [1.807, 2.05) is 22.6 Å². The number of allylic oxidation sites excluding steroid dienone is 1. The lowest BCUT2D eigenvalue weighted by Gasteiger charge is -2.09. The van der Waals surface area contributed by atoms with E-state index in [1.54, 1.807) is 12.1 Å². The largest absolute Gasteiger partial charge is 0.507 e. The summed E-state index contributed by atoms with van der Waals surface area (Å²) in [5.74, 6) is 0.171. The second kappa shape index (κ2) is 3.87. The highest BCUT2D eigenvalue weighted by molar-refractivity contribution is 14.1. The highest BCUT2D eigenvalue weighted by atomic mass is 127. The maximum atomic E-state index is 9.45. The molecule has 5 N–H and O–H groups in total. The average Bonchev–Trinajstić information content (AvgIpc) is 2.11. The summed E-state index contributed by atoms with van der Waals surface area (Å²) in [5.41, 5.74) is 13.2. The van der Waals surface area contributed by atoms with Gasteiger partial charge in [-0.05, 0) is 40.6 Å². The first kappa shape index (κ1) is 10.2. The molecular weight excluding hydrogens is 279 g/mol. The molecule has 0 saturated carbocycles. The smallest absolute Gasteiger partial charge is 0.131 e. The maximum Gasteiger partial charge on any atom is 0.131 e. The predicted octanol–water partition coefficient (Wildman–Crippen LogP) is 1.89. The van der Waals surface area contributed by atoms with Gasteiger partial charge in [0.05, 0.1) is 14.9 Å². The number of hydrogen-bond acceptors (Lipinski definition) is 3. The Hall–Kier alpha value is -0.910. The van der Waals surface area contributed by atoms with Crippen LogP contribution in [0.2, 0.25) is 0 Å². The number of phenolic OH excluding ortho intramolecular Hbond substituents is 1. The Balaban J connectivity index is 3.31. The molecule has 3 nitrogen and oxygen atoms in total. The molecule has 1 rings (SSSR count). The van der Waals surface area contributed by atoms with Gasteiger partial charge in [-0.15, -0.1) is 6.58 Å². The molecule has 0 aliphatic rings. The summed E-state index contributed by atoms with van der Waals surface area (Å²) in [5, 5.41) is 9.45. The first-order chi connectivity index (χ1) is 6.07. The average molecular weight is 290 g/mol. The third-order valence-corrected chi connectivity index (χ3v) is 2.91. The quantitative estimate of drug-likeness (QED) is 0.337. The highest BCUT2D eigenvalue weighted by Gasteiger charge is 2.09. The normalized spacial score (nSPS) is 9.92. The lowest BCUT2D eigenvalue weighted by molar-refractivity contribution is 0.471. The van der Waals surface area contributed by atoms with Gasteiger partial charge < -0.3 is 16.6 Å². The number of hydrogen-bond donors (Lipinski definition) is 3. The van der Waals surface area contributed by atoms with Crippen LogP contribution in [0, 0.1) is 3.57 Å². The van der Waals surface area contributed by atoms with E-state index in [2.05, 4.69) is 6.58 Å². The molecule has 0 radical (unpaired) electrons. The molecular formula is C9H11IN2O. The zero-order valence-corrected chi connectivity index (χ0v) is 9.21. The molecule has 0 aliphatic carbocycles. The lowest BCUT2D eigenvalue weighted by Crippen LogP contribution is -2.01. The van der Waals surface area contributed by atoms with Crippen LogP contribution in [-0.4, -0.2) is 5.11 Å². The number of halogens is 1. The van der Waals surface area contributed by atoms with E-state index in [-0.39, 0.29) is 5.75 Å². The van der Waals surface area contributed by atoms with Gasteiger partial charge in [-0.3, -0.25) is 0 Å². The van der Waals surface area contributed by atoms with Crippen molar-refractivity contribution in [2.75, 3.05) is 11.5 Å². The van der Waals surface area contributed by atoms with Crippen molar-refractivity contribution in [1.29, 1.82) is 0 Å². The van der Waals surface area contributed by atoms with E-state index in [4.69, 9.17) is 11.5 Å². The van der Waals surface area contributed by atoms with Crippen LogP contribution >= 0.6 is 22.6 Å². The Bertz CT molecular complexity index is 350. The summed E-state index contributed by atoms with van der Waals surface area (Å²) >= 11 is 1.96. The van der Waals surface area contributed by atoms with Crippen LogP contribution in [0.15, 0.2) is 18.7 Å². The van der Waals surface area contributed by atoms with Crippen molar-refractivity contribution in [3.63, 3.8) is 0 Å². The first-order valence-electron chi connectivity index (χ1n) is 3.74. The highest BCUT2D eigenvalue weighted by Crippen LogP contribution is 2.33. The van der Waals surface area contributed by atoms with E-state index < -0.39 is 0 Å². The van der Waals surface area contributed by atoms with Gasteiger partial charge in [-0.25, -0.2) is 0 Å². The molecule has 0 aliphatic heterocycles. The molecule has 0 fully saturated rings. The van der Waals surface area contributed by atoms with Gasteiger partial charge in [0.2, 0.25) is 0 Å². The summed E-state index contributed by atoms with van der Waals surface area (Å²) in [7, 11) is 0. The Kier molecular flexibility index (Phi) is 3.02. The van der Waals surface area contributed by atoms with E-state index >= 15 is 0 Å². The number of nitrogens with two attached hydrogens (primary N) is 2. The second-order valence-electron chi connectivity index (χ2n) is 2.69. The summed E-state index contributed by atoms with van der Waals surface area (Å²) in [6, 6.07) is 1.62. The number of aromatic hydroxyl groups is 1. The minimum atomic E-state index is 0.171. The fourth-order valence-corrected chi connectivity index (χ4v) is 1.51. The summed E-state index contributed by atoms with van der Waals surface area (Å²) in [4.78, 5) is 0. The number of anilines is 2. The van der Waals surface area contributed by atoms with Crippen LogP contribution in [0.5, 0.6) is 5.75 Å². The number of benzene rings is 1. The molecule has 0 spiro atoms. The van der Waals surface area contributed by atoms with Gasteiger partial charge in [-0.2, -0.15) is 0 Å². The van der Waals surface area contributed by atoms with E-state index in [0.29, 0.717) is 21.4 Å². The standard InChI is InChI=1S/C9H11IN2O/c1-2-3-5-4-6(13)7(10)9(12)8(5)11/h2,4,13H,1,3,11-12H2. The van der Waals surface area contributed by atoms with Crippen molar-refractivity contribution in [3.8, 4) is 5.75 Å². The van der Waals surface area contributed by atoms with Gasteiger partial charge in [0.1, 0.15) is 5.75 Å². The topological polar surface area (TPSA) is 72.3 Å². The van der Waals surface area contributed by atoms with E-state index in [0.717, 1.165) is 5.56 Å². The van der Waals surface area contributed by atoms with Crippen LogP contribution in [0.3, 0.4) is 0 Å². The Morgan fingerprint density at radius 2 is 2.08 bits per heavy atom. The molecule has 0 amide bonds. The van der Waals surface area contributed by atoms with Crippen molar-refractivity contribution in [3.05, 3.63) is 27.9 Å². The zero-order valence-electron chi connectivity index (χ0n) is 7.05. The summed E-state index contributed by atoms with van der Waals surface area (Å²) in [6.07, 6.45) is 2.33. The monoisotopic (exact) mass is 290 g/mol. The molecule has 0 aromatic heterocycles. The maximum absolute atomic E-state index is 9.45. The van der Waals surface area contributed by atoms with Gasteiger partial charge in [0, 0.05) is 0 Å². The van der Waals surface area contributed by atoms with Crippen molar-refractivity contribution in [2.45, 2.75) is 6.42 Å². The molecule has 0 heterocycles. The lowest BCUT2D eigenvalue weighted by atomic mass is 10.1. The first-order valence-corrected chi connectivity index (χ1v) is 4.82. The molecule has 70 valence electrons. The molecule has 0 saturated heterocycles. The minimum Gasteiger partial charge on any atom is -0.507 e. The molecule has 0 bridgehead atoms. The molecule has 0 atom stereocenters. The number of rotatable bonds is 2. The molecule has 1 aromatic rings. The third-order valence-electron chi connectivity index (χ3n) is 1.77. The Labute approximate surface area is 90.6 Å². The van der Waals surface area contributed by atoms with Crippen LogP contribution in [0.4, 0.5) is 11.4 Å². The van der Waals surface area contributed by atoms with Gasteiger partial charge in [0.25, 0.3) is 0 Å². The Morgan fingerprint density at radius 1 is 1.46 bits per heavy atom. The SMILES string of the molecule is C=CCc1cc(O)c(I)c(N)c1N. The summed E-state index contributed by atoms with van der Waals surface area (Å²) < 4.78 is 0.600.